The molecule has 0 heterocycles. The van der Waals surface area contributed by atoms with Crippen molar-refractivity contribution in [2.45, 2.75) is 38.8 Å². The lowest BCUT2D eigenvalue weighted by Crippen LogP contribution is -2.46. The van der Waals surface area contributed by atoms with Gasteiger partial charge in [-0.25, -0.2) is 0 Å². The molecule has 8 heteroatoms. The monoisotopic (exact) mass is 248 g/mol. The van der Waals surface area contributed by atoms with E-state index in [9.17, 15) is 24.8 Å². The van der Waals surface area contributed by atoms with Crippen molar-refractivity contribution in [1.82, 2.24) is 5.32 Å². The van der Waals surface area contributed by atoms with Crippen LogP contribution in [0.15, 0.2) is 0 Å². The molecule has 98 valence electrons. The van der Waals surface area contributed by atoms with Gasteiger partial charge in [0, 0.05) is 6.42 Å². The summed E-state index contributed by atoms with van der Waals surface area (Å²) in [7, 11) is 0. The van der Waals surface area contributed by atoms with E-state index >= 15 is 0 Å². The van der Waals surface area contributed by atoms with E-state index in [1.54, 1.807) is 0 Å². The molecule has 8 nitrogen and oxygen atoms in total. The van der Waals surface area contributed by atoms with E-state index in [2.05, 4.69) is 10.2 Å². The van der Waals surface area contributed by atoms with Crippen molar-refractivity contribution in [1.29, 1.82) is 0 Å². The van der Waals surface area contributed by atoms with E-state index in [-0.39, 0.29) is 25.2 Å². The molecule has 0 radical (unpaired) electrons. The third kappa shape index (κ3) is 7.23. The molecule has 0 aromatic rings. The van der Waals surface area contributed by atoms with Crippen LogP contribution in [0.2, 0.25) is 0 Å². The number of nitrogens with one attached hydrogen (secondary N) is 1. The summed E-state index contributed by atoms with van der Waals surface area (Å²) in [6, 6.07) is -0.945. The van der Waals surface area contributed by atoms with E-state index in [4.69, 9.17) is 0 Å². The number of rotatable bonds is 8. The van der Waals surface area contributed by atoms with Gasteiger partial charge in [-0.2, -0.15) is 0 Å². The van der Waals surface area contributed by atoms with Gasteiger partial charge in [0.15, 0.2) is 5.78 Å². The summed E-state index contributed by atoms with van der Waals surface area (Å²) < 4.78 is 0. The van der Waals surface area contributed by atoms with Gasteiger partial charge in [0.2, 0.25) is 5.91 Å². The quantitative estimate of drug-likeness (QED) is 0.337. The zero-order chi connectivity index (χ0) is 13.4. The Morgan fingerprint density at radius 3 is 2.53 bits per heavy atom. The maximum Gasteiger partial charge on any atom is 0.294 e. The van der Waals surface area contributed by atoms with Crippen LogP contribution in [-0.4, -0.2) is 40.6 Å². The van der Waals surface area contributed by atoms with Gasteiger partial charge in [0.25, 0.3) is 5.09 Å². The number of hydrogen-bond donors (Lipinski definition) is 2. The van der Waals surface area contributed by atoms with Crippen LogP contribution in [0.1, 0.15) is 26.7 Å². The topological polar surface area (TPSA) is 119 Å². The van der Waals surface area contributed by atoms with E-state index in [0.717, 1.165) is 0 Å². The van der Waals surface area contributed by atoms with Gasteiger partial charge >= 0.3 is 0 Å². The Morgan fingerprint density at radius 2 is 2.12 bits per heavy atom. The van der Waals surface area contributed by atoms with Crippen molar-refractivity contribution in [3.8, 4) is 0 Å². The lowest BCUT2D eigenvalue weighted by atomic mass is 10.1. The first-order valence-corrected chi connectivity index (χ1v) is 5.09. The normalized spacial score (nSPS) is 13.6. The number of amides is 1. The number of ketones is 1. The first kappa shape index (κ1) is 15.3. The van der Waals surface area contributed by atoms with Crippen molar-refractivity contribution in [3.05, 3.63) is 10.1 Å². The number of aliphatic hydroxyl groups is 1. The number of aliphatic hydroxyl groups excluding tert-OH is 1. The second-order valence-corrected chi connectivity index (χ2v) is 3.56. The Balaban J connectivity index is 3.91. The number of carbonyl (C=O) groups is 2. The zero-order valence-electron chi connectivity index (χ0n) is 9.71. The third-order valence-electron chi connectivity index (χ3n) is 1.98. The average molecular weight is 248 g/mol. The molecule has 2 N–H and O–H groups in total. The number of nitrogens with zero attached hydrogens (tertiary/aromatic N) is 1. The van der Waals surface area contributed by atoms with Crippen molar-refractivity contribution in [2.75, 3.05) is 6.61 Å². The molecule has 0 fully saturated rings. The number of hydrogen-bond acceptors (Lipinski definition) is 6. The zero-order valence-corrected chi connectivity index (χ0v) is 9.71. The highest BCUT2D eigenvalue weighted by Gasteiger charge is 2.21. The lowest BCUT2D eigenvalue weighted by molar-refractivity contribution is -0.757. The molecule has 0 aliphatic carbocycles. The maximum atomic E-state index is 11.3. The fourth-order valence-corrected chi connectivity index (χ4v) is 1.18. The molecule has 0 aromatic heterocycles. The van der Waals surface area contributed by atoms with E-state index < -0.39 is 23.1 Å². The largest absolute Gasteiger partial charge is 0.391 e. The predicted octanol–water partition coefficient (Wildman–Crippen LogP) is -0.570. The molecular formula is C9H16N2O6. The van der Waals surface area contributed by atoms with Crippen LogP contribution in [0.25, 0.3) is 0 Å². The maximum absolute atomic E-state index is 11.3. The molecule has 0 saturated carbocycles. The van der Waals surface area contributed by atoms with Crippen LogP contribution >= 0.6 is 0 Å². The minimum absolute atomic E-state index is 0.00958. The molecule has 0 saturated heterocycles. The first-order valence-electron chi connectivity index (χ1n) is 5.09. The highest BCUT2D eigenvalue weighted by atomic mass is 16.9. The van der Waals surface area contributed by atoms with E-state index in [1.807, 2.05) is 0 Å². The highest BCUT2D eigenvalue weighted by molar-refractivity contribution is 5.87. The van der Waals surface area contributed by atoms with Crippen LogP contribution in [0.3, 0.4) is 0 Å². The van der Waals surface area contributed by atoms with Crippen LogP contribution in [0.4, 0.5) is 0 Å². The Hall–Kier alpha value is -1.70. The van der Waals surface area contributed by atoms with Crippen molar-refractivity contribution in [3.63, 3.8) is 0 Å². The molecule has 2 atom stereocenters. The minimum atomic E-state index is -0.980. The van der Waals surface area contributed by atoms with Gasteiger partial charge in [-0.15, -0.1) is 10.1 Å². The Kier molecular flexibility index (Phi) is 6.80. The number of carbonyl (C=O) groups excluding carboxylic acids is 2. The van der Waals surface area contributed by atoms with E-state index in [0.29, 0.717) is 0 Å². The summed E-state index contributed by atoms with van der Waals surface area (Å²) in [5.41, 5.74) is 0. The fraction of sp³-hybridized carbons (Fsp3) is 0.778. The average Bonchev–Trinajstić information content (AvgIpc) is 2.19. The van der Waals surface area contributed by atoms with E-state index in [1.165, 1.54) is 13.8 Å². The van der Waals surface area contributed by atoms with Gasteiger partial charge in [-0.1, -0.05) is 0 Å². The molecule has 1 amide bonds. The summed E-state index contributed by atoms with van der Waals surface area (Å²) in [6.45, 7) is 2.47. The summed E-state index contributed by atoms with van der Waals surface area (Å²) in [6.07, 6.45) is -0.826. The van der Waals surface area contributed by atoms with Gasteiger partial charge in [0.1, 0.15) is 6.04 Å². The molecule has 0 bridgehead atoms. The van der Waals surface area contributed by atoms with Crippen LogP contribution in [0.5, 0.6) is 0 Å². The van der Waals surface area contributed by atoms with Gasteiger partial charge in [-0.3, -0.25) is 9.59 Å². The third-order valence-corrected chi connectivity index (χ3v) is 1.98. The standard InChI is InChI=1S/C9H16N2O6/c1-6(12)9(7(2)13)10-8(14)4-3-5-17-11(15)16/h6,9,12H,3-5H2,1-2H3,(H,10,14). The summed E-state index contributed by atoms with van der Waals surface area (Å²) in [5, 5.41) is 20.4. The molecule has 2 unspecified atom stereocenters. The molecule has 17 heavy (non-hydrogen) atoms. The van der Waals surface area contributed by atoms with Crippen LogP contribution in [0, 0.1) is 10.1 Å². The van der Waals surface area contributed by atoms with Crippen molar-refractivity contribution in [2.24, 2.45) is 0 Å². The summed E-state index contributed by atoms with van der Waals surface area (Å²) in [4.78, 5) is 36.2. The SMILES string of the molecule is CC(=O)C(NC(=O)CCCO[N+](=O)[O-])C(C)O. The Bertz CT molecular complexity index is 291. The first-order chi connectivity index (χ1) is 7.84. The highest BCUT2D eigenvalue weighted by Crippen LogP contribution is 1.97. The second kappa shape index (κ2) is 7.55. The molecule has 0 rings (SSSR count). The van der Waals surface area contributed by atoms with Gasteiger partial charge in [-0.05, 0) is 20.3 Å². The minimum Gasteiger partial charge on any atom is -0.391 e. The van der Waals surface area contributed by atoms with Crippen molar-refractivity contribution >= 4 is 11.7 Å². The lowest BCUT2D eigenvalue weighted by Gasteiger charge is -2.18. The molecular weight excluding hydrogens is 232 g/mol. The Labute approximate surface area is 98.0 Å². The van der Waals surface area contributed by atoms with Gasteiger partial charge in [0.05, 0.1) is 12.7 Å². The van der Waals surface area contributed by atoms with Crippen LogP contribution in [-0.2, 0) is 14.4 Å². The molecule has 0 aliphatic heterocycles. The number of Topliss-reactive ketones (excluding diaryl/α,β-unsaturated/α-hetero) is 1. The van der Waals surface area contributed by atoms with Crippen LogP contribution < -0.4 is 5.32 Å². The molecule has 0 spiro atoms. The second-order valence-electron chi connectivity index (χ2n) is 3.56. The summed E-state index contributed by atoms with van der Waals surface area (Å²) >= 11 is 0. The van der Waals surface area contributed by atoms with Gasteiger partial charge < -0.3 is 15.3 Å². The smallest absolute Gasteiger partial charge is 0.294 e. The molecule has 0 aliphatic rings. The predicted molar refractivity (Wildman–Crippen MR) is 56.5 cm³/mol. The fourth-order valence-electron chi connectivity index (χ4n) is 1.18. The molecule has 0 aromatic carbocycles. The van der Waals surface area contributed by atoms with Crippen molar-refractivity contribution < 1.29 is 24.6 Å². The summed E-state index contributed by atoms with van der Waals surface area (Å²) in [5.74, 6) is -0.812. The Morgan fingerprint density at radius 1 is 1.53 bits per heavy atom.